The van der Waals surface area contributed by atoms with Crippen molar-refractivity contribution in [3.05, 3.63) is 30.1 Å². The summed E-state index contributed by atoms with van der Waals surface area (Å²) in [6, 6.07) is 7.77. The third-order valence-electron chi connectivity index (χ3n) is 4.47. The molecule has 1 N–H and O–H groups in total. The van der Waals surface area contributed by atoms with Gasteiger partial charge in [-0.3, -0.25) is 9.59 Å². The second-order valence-corrected chi connectivity index (χ2v) is 5.97. The number of piperidine rings is 1. The van der Waals surface area contributed by atoms with E-state index in [0.29, 0.717) is 19.5 Å². The number of hydrogen-bond donors (Lipinski definition) is 1. The predicted octanol–water partition coefficient (Wildman–Crippen LogP) is 1.92. The van der Waals surface area contributed by atoms with E-state index in [1.54, 1.807) is 4.90 Å². The van der Waals surface area contributed by atoms with Gasteiger partial charge in [-0.25, -0.2) is 4.98 Å². The monoisotopic (exact) mass is 315 g/mol. The van der Waals surface area contributed by atoms with Gasteiger partial charge in [0.1, 0.15) is 12.4 Å². The van der Waals surface area contributed by atoms with Gasteiger partial charge in [-0.2, -0.15) is 0 Å². The van der Waals surface area contributed by atoms with Gasteiger partial charge >= 0.3 is 5.97 Å². The number of para-hydroxylation sites is 2. The highest BCUT2D eigenvalue weighted by Gasteiger charge is 2.28. The number of benzene rings is 1. The van der Waals surface area contributed by atoms with Gasteiger partial charge in [0.05, 0.1) is 17.0 Å². The van der Waals surface area contributed by atoms with Crippen molar-refractivity contribution in [3.8, 4) is 0 Å². The number of likely N-dealkylation sites (tertiary alicyclic amines) is 1. The van der Waals surface area contributed by atoms with Crippen LogP contribution < -0.4 is 0 Å². The van der Waals surface area contributed by atoms with Crippen molar-refractivity contribution in [2.24, 2.45) is 5.92 Å². The summed E-state index contributed by atoms with van der Waals surface area (Å²) in [6.07, 6.45) is 2.14. The van der Waals surface area contributed by atoms with Crippen molar-refractivity contribution in [1.29, 1.82) is 0 Å². The van der Waals surface area contributed by atoms with E-state index in [4.69, 9.17) is 5.11 Å². The molecule has 2 aromatic rings. The Labute approximate surface area is 134 Å². The lowest BCUT2D eigenvalue weighted by molar-refractivity contribution is -0.145. The van der Waals surface area contributed by atoms with E-state index in [1.165, 1.54) is 0 Å². The quantitative estimate of drug-likeness (QED) is 0.935. The topological polar surface area (TPSA) is 75.4 Å². The van der Waals surface area contributed by atoms with E-state index < -0.39 is 11.9 Å². The SMILES string of the molecule is CCc1nc2ccccc2n1CC(=O)N1CCCC(C(=O)O)C1. The maximum absolute atomic E-state index is 12.6. The summed E-state index contributed by atoms with van der Waals surface area (Å²) in [5.41, 5.74) is 1.84. The Morgan fingerprint density at radius 2 is 2.13 bits per heavy atom. The molecule has 122 valence electrons. The van der Waals surface area contributed by atoms with Crippen LogP contribution in [-0.2, 0) is 22.6 Å². The summed E-state index contributed by atoms with van der Waals surface area (Å²) in [6.45, 7) is 3.18. The lowest BCUT2D eigenvalue weighted by Crippen LogP contribution is -2.43. The Hall–Kier alpha value is -2.37. The molecule has 6 nitrogen and oxygen atoms in total. The molecule has 0 saturated carbocycles. The Kier molecular flexibility index (Phi) is 4.32. The number of fused-ring (bicyclic) bond motifs is 1. The first-order valence-electron chi connectivity index (χ1n) is 8.05. The molecule has 0 bridgehead atoms. The minimum atomic E-state index is -0.815. The average molecular weight is 315 g/mol. The molecular weight excluding hydrogens is 294 g/mol. The minimum absolute atomic E-state index is 0.0335. The standard InChI is InChI=1S/C17H21N3O3/c1-2-15-18-13-7-3-4-8-14(13)20(15)11-16(21)19-9-5-6-12(10-19)17(22)23/h3-4,7-8,12H,2,5-6,9-11H2,1H3,(H,22,23). The zero-order valence-corrected chi connectivity index (χ0v) is 13.2. The number of carbonyl (C=O) groups excluding carboxylic acids is 1. The fourth-order valence-corrected chi connectivity index (χ4v) is 3.21. The third-order valence-corrected chi connectivity index (χ3v) is 4.47. The van der Waals surface area contributed by atoms with Crippen LogP contribution in [0.4, 0.5) is 0 Å². The highest BCUT2D eigenvalue weighted by Crippen LogP contribution is 2.20. The van der Waals surface area contributed by atoms with E-state index in [-0.39, 0.29) is 12.5 Å². The number of carbonyl (C=O) groups is 2. The number of imidazole rings is 1. The fourth-order valence-electron chi connectivity index (χ4n) is 3.21. The van der Waals surface area contributed by atoms with Gasteiger partial charge in [0.25, 0.3) is 0 Å². The maximum atomic E-state index is 12.6. The second kappa shape index (κ2) is 6.40. The number of aromatic nitrogens is 2. The molecule has 23 heavy (non-hydrogen) atoms. The van der Waals surface area contributed by atoms with Crippen LogP contribution in [0.15, 0.2) is 24.3 Å². The second-order valence-electron chi connectivity index (χ2n) is 5.97. The molecule has 1 aromatic heterocycles. The smallest absolute Gasteiger partial charge is 0.308 e. The summed E-state index contributed by atoms with van der Waals surface area (Å²) in [4.78, 5) is 30.0. The normalized spacial score (nSPS) is 18.3. The molecule has 6 heteroatoms. The fraction of sp³-hybridized carbons (Fsp3) is 0.471. The Bertz CT molecular complexity index is 738. The molecule has 1 aliphatic heterocycles. The highest BCUT2D eigenvalue weighted by molar-refractivity contribution is 5.82. The number of nitrogens with zero attached hydrogens (tertiary/aromatic N) is 3. The van der Waals surface area contributed by atoms with Crippen LogP contribution in [0.2, 0.25) is 0 Å². The van der Waals surface area contributed by atoms with Gasteiger partial charge in [0.15, 0.2) is 0 Å². The molecule has 0 spiro atoms. The van der Waals surface area contributed by atoms with Gasteiger partial charge in [-0.15, -0.1) is 0 Å². The van der Waals surface area contributed by atoms with Crippen molar-refractivity contribution in [3.63, 3.8) is 0 Å². The van der Waals surface area contributed by atoms with Gasteiger partial charge < -0.3 is 14.6 Å². The Morgan fingerprint density at radius 1 is 1.35 bits per heavy atom. The number of hydrogen-bond acceptors (Lipinski definition) is 3. The van der Waals surface area contributed by atoms with Crippen molar-refractivity contribution in [2.45, 2.75) is 32.7 Å². The van der Waals surface area contributed by atoms with E-state index in [2.05, 4.69) is 4.98 Å². The average Bonchev–Trinajstić information content (AvgIpc) is 2.93. The maximum Gasteiger partial charge on any atom is 0.308 e. The van der Waals surface area contributed by atoms with E-state index in [9.17, 15) is 9.59 Å². The summed E-state index contributed by atoms with van der Waals surface area (Å²) >= 11 is 0. The van der Waals surface area contributed by atoms with Crippen LogP contribution in [0.3, 0.4) is 0 Å². The van der Waals surface area contributed by atoms with E-state index >= 15 is 0 Å². The van der Waals surface area contributed by atoms with Crippen LogP contribution in [0.5, 0.6) is 0 Å². The van der Waals surface area contributed by atoms with Crippen LogP contribution in [0.25, 0.3) is 11.0 Å². The Morgan fingerprint density at radius 3 is 2.87 bits per heavy atom. The van der Waals surface area contributed by atoms with Crippen molar-refractivity contribution >= 4 is 22.9 Å². The molecular formula is C17H21N3O3. The molecule has 1 aliphatic rings. The molecule has 3 rings (SSSR count). The van der Waals surface area contributed by atoms with Crippen LogP contribution in [0, 0.1) is 5.92 Å². The highest BCUT2D eigenvalue weighted by atomic mass is 16.4. The van der Waals surface area contributed by atoms with Gasteiger partial charge in [0.2, 0.25) is 5.91 Å². The molecule has 0 aliphatic carbocycles. The summed E-state index contributed by atoms with van der Waals surface area (Å²) in [5, 5.41) is 9.16. The molecule has 1 saturated heterocycles. The van der Waals surface area contributed by atoms with Crippen LogP contribution in [0.1, 0.15) is 25.6 Å². The number of rotatable bonds is 4. The number of amides is 1. The predicted molar refractivity (Wildman–Crippen MR) is 86.1 cm³/mol. The minimum Gasteiger partial charge on any atom is -0.481 e. The van der Waals surface area contributed by atoms with Crippen molar-refractivity contribution in [2.75, 3.05) is 13.1 Å². The van der Waals surface area contributed by atoms with Crippen LogP contribution in [-0.4, -0.2) is 44.5 Å². The molecule has 1 atom stereocenters. The zero-order chi connectivity index (χ0) is 16.4. The number of carboxylic acid groups (broad SMARTS) is 1. The summed E-state index contributed by atoms with van der Waals surface area (Å²) in [7, 11) is 0. The molecule has 1 unspecified atom stereocenters. The first kappa shape index (κ1) is 15.5. The molecule has 2 heterocycles. The lowest BCUT2D eigenvalue weighted by Gasteiger charge is -2.31. The number of aryl methyl sites for hydroxylation is 1. The number of aliphatic carboxylic acids is 1. The van der Waals surface area contributed by atoms with Crippen molar-refractivity contribution < 1.29 is 14.7 Å². The van der Waals surface area contributed by atoms with E-state index in [0.717, 1.165) is 29.7 Å². The first-order valence-corrected chi connectivity index (χ1v) is 8.05. The molecule has 1 aromatic carbocycles. The van der Waals surface area contributed by atoms with Gasteiger partial charge in [-0.05, 0) is 25.0 Å². The van der Waals surface area contributed by atoms with E-state index in [1.807, 2.05) is 35.8 Å². The first-order chi connectivity index (χ1) is 11.1. The van der Waals surface area contributed by atoms with Gasteiger partial charge in [-0.1, -0.05) is 19.1 Å². The summed E-state index contributed by atoms with van der Waals surface area (Å²) in [5.74, 6) is -0.414. The molecule has 1 fully saturated rings. The third kappa shape index (κ3) is 3.06. The van der Waals surface area contributed by atoms with Gasteiger partial charge in [0, 0.05) is 19.5 Å². The Balaban J connectivity index is 1.81. The van der Waals surface area contributed by atoms with Crippen LogP contribution >= 0.6 is 0 Å². The van der Waals surface area contributed by atoms with Crippen molar-refractivity contribution in [1.82, 2.24) is 14.5 Å². The zero-order valence-electron chi connectivity index (χ0n) is 13.2. The lowest BCUT2D eigenvalue weighted by atomic mass is 9.98. The molecule has 0 radical (unpaired) electrons. The molecule has 1 amide bonds. The largest absolute Gasteiger partial charge is 0.481 e. The number of carboxylic acids is 1. The summed E-state index contributed by atoms with van der Waals surface area (Å²) < 4.78 is 1.95.